The molecular formula is C21H32N4O2. The van der Waals surface area contributed by atoms with Gasteiger partial charge in [0.25, 0.3) is 0 Å². The monoisotopic (exact) mass is 372 g/mol. The number of unbranched alkanes of at least 4 members (excludes halogenated alkanes) is 1. The Morgan fingerprint density at radius 1 is 1.19 bits per heavy atom. The van der Waals surface area contributed by atoms with E-state index in [0.29, 0.717) is 19.0 Å². The van der Waals surface area contributed by atoms with Crippen LogP contribution in [0.5, 0.6) is 0 Å². The number of nitrogens with one attached hydrogen (secondary N) is 2. The van der Waals surface area contributed by atoms with Gasteiger partial charge in [0, 0.05) is 43.4 Å². The Balaban J connectivity index is 1.95. The summed E-state index contributed by atoms with van der Waals surface area (Å²) in [6.45, 7) is 5.36. The Morgan fingerprint density at radius 3 is 2.63 bits per heavy atom. The molecule has 2 N–H and O–H groups in total. The number of benzene rings is 1. The maximum absolute atomic E-state index is 12.2. The van der Waals surface area contributed by atoms with E-state index in [4.69, 9.17) is 0 Å². The van der Waals surface area contributed by atoms with Crippen molar-refractivity contribution in [2.75, 3.05) is 26.0 Å². The average molecular weight is 373 g/mol. The topological polar surface area (TPSA) is 66.4 Å². The largest absolute Gasteiger partial charge is 0.347 e. The Labute approximate surface area is 161 Å². The number of rotatable bonds is 9. The Hall–Kier alpha value is -2.50. The van der Waals surface area contributed by atoms with Crippen molar-refractivity contribution in [1.82, 2.24) is 14.8 Å². The number of hydrogen-bond donors (Lipinski definition) is 2. The maximum Gasteiger partial charge on any atom is 0.319 e. The van der Waals surface area contributed by atoms with Gasteiger partial charge < -0.3 is 20.1 Å². The number of anilines is 1. The normalized spacial score (nSPS) is 12.0. The number of hydrogen-bond acceptors (Lipinski definition) is 2. The number of nitrogens with zero attached hydrogens (tertiary/aromatic N) is 2. The van der Waals surface area contributed by atoms with Crippen molar-refractivity contribution in [1.29, 1.82) is 0 Å². The lowest BCUT2D eigenvalue weighted by Gasteiger charge is -2.16. The molecule has 148 valence electrons. The first-order valence-corrected chi connectivity index (χ1v) is 9.78. The van der Waals surface area contributed by atoms with Gasteiger partial charge in [-0.3, -0.25) is 4.79 Å². The quantitative estimate of drug-likeness (QED) is 0.697. The number of likely N-dealkylation sites (N-methyl/N-ethyl adjacent to an activating group) is 1. The van der Waals surface area contributed by atoms with Gasteiger partial charge in [0.2, 0.25) is 5.91 Å². The number of amides is 3. The molecule has 1 heterocycles. The van der Waals surface area contributed by atoms with E-state index in [1.165, 1.54) is 12.8 Å². The molecule has 2 aromatic rings. The predicted molar refractivity (Wildman–Crippen MR) is 111 cm³/mol. The molecule has 2 rings (SSSR count). The lowest BCUT2D eigenvalue weighted by atomic mass is 9.99. The van der Waals surface area contributed by atoms with Gasteiger partial charge in [-0.05, 0) is 36.6 Å². The van der Waals surface area contributed by atoms with Gasteiger partial charge in [-0.25, -0.2) is 4.79 Å². The first kappa shape index (κ1) is 20.8. The fourth-order valence-electron chi connectivity index (χ4n) is 3.06. The summed E-state index contributed by atoms with van der Waals surface area (Å²) < 4.78 is 1.92. The second-order valence-corrected chi connectivity index (χ2v) is 7.26. The van der Waals surface area contributed by atoms with Crippen LogP contribution in [0.4, 0.5) is 10.5 Å². The summed E-state index contributed by atoms with van der Waals surface area (Å²) in [7, 11) is 3.50. The predicted octanol–water partition coefficient (Wildman–Crippen LogP) is 4.07. The third-order valence-electron chi connectivity index (χ3n) is 4.93. The van der Waals surface area contributed by atoms with E-state index in [9.17, 15) is 9.59 Å². The molecule has 1 aromatic heterocycles. The molecule has 3 amide bonds. The van der Waals surface area contributed by atoms with E-state index >= 15 is 0 Å². The second kappa shape index (κ2) is 10.00. The zero-order valence-corrected chi connectivity index (χ0v) is 16.9. The molecule has 1 unspecified atom stereocenters. The van der Waals surface area contributed by atoms with Crippen molar-refractivity contribution >= 4 is 28.5 Å². The van der Waals surface area contributed by atoms with Crippen molar-refractivity contribution in [2.24, 2.45) is 5.92 Å². The van der Waals surface area contributed by atoms with E-state index < -0.39 is 0 Å². The molecule has 6 nitrogen and oxygen atoms in total. The Morgan fingerprint density at radius 2 is 1.96 bits per heavy atom. The third kappa shape index (κ3) is 6.01. The van der Waals surface area contributed by atoms with Crippen LogP contribution in [0.25, 0.3) is 10.9 Å². The van der Waals surface area contributed by atoms with Crippen molar-refractivity contribution in [2.45, 2.75) is 46.1 Å². The SMILES string of the molecule is CCCCC(CC)CNC(=O)Nc1ccc2c(ccn2CC(=O)N(C)C)c1. The van der Waals surface area contributed by atoms with Gasteiger partial charge in [0.15, 0.2) is 0 Å². The van der Waals surface area contributed by atoms with Gasteiger partial charge >= 0.3 is 6.03 Å². The van der Waals surface area contributed by atoms with E-state index in [1.54, 1.807) is 19.0 Å². The van der Waals surface area contributed by atoms with E-state index in [0.717, 1.165) is 29.4 Å². The number of carbonyl (C=O) groups excluding carboxylic acids is 2. The fraction of sp³-hybridized carbons (Fsp3) is 0.524. The standard InChI is InChI=1S/C21H32N4O2/c1-5-7-8-16(6-2)14-22-21(27)23-18-9-10-19-17(13-18)11-12-25(19)15-20(26)24(3)4/h9-13,16H,5-8,14-15H2,1-4H3,(H2,22,23,27). The zero-order valence-electron chi connectivity index (χ0n) is 16.9. The van der Waals surface area contributed by atoms with Crippen LogP contribution in [-0.4, -0.2) is 42.0 Å². The summed E-state index contributed by atoms with van der Waals surface area (Å²) in [6.07, 6.45) is 6.51. The van der Waals surface area contributed by atoms with Crippen molar-refractivity contribution in [3.05, 3.63) is 30.5 Å². The summed E-state index contributed by atoms with van der Waals surface area (Å²) in [5, 5.41) is 6.88. The molecule has 0 saturated carbocycles. The molecule has 0 saturated heterocycles. The number of carbonyl (C=O) groups is 2. The minimum absolute atomic E-state index is 0.0441. The highest BCUT2D eigenvalue weighted by molar-refractivity contribution is 5.93. The molecule has 0 spiro atoms. The van der Waals surface area contributed by atoms with E-state index in [1.807, 2.05) is 35.0 Å². The van der Waals surface area contributed by atoms with Crippen LogP contribution in [-0.2, 0) is 11.3 Å². The molecule has 27 heavy (non-hydrogen) atoms. The van der Waals surface area contributed by atoms with Crippen LogP contribution in [0, 0.1) is 5.92 Å². The van der Waals surface area contributed by atoms with Crippen molar-refractivity contribution in [3.8, 4) is 0 Å². The Bertz CT molecular complexity index is 767. The molecule has 0 radical (unpaired) electrons. The van der Waals surface area contributed by atoms with E-state index in [2.05, 4.69) is 24.5 Å². The minimum Gasteiger partial charge on any atom is -0.347 e. The van der Waals surface area contributed by atoms with Crippen LogP contribution in [0.2, 0.25) is 0 Å². The highest BCUT2D eigenvalue weighted by Crippen LogP contribution is 2.21. The lowest BCUT2D eigenvalue weighted by Crippen LogP contribution is -2.33. The van der Waals surface area contributed by atoms with Gasteiger partial charge in [0.1, 0.15) is 6.54 Å². The number of aromatic nitrogens is 1. The molecule has 0 bridgehead atoms. The van der Waals surface area contributed by atoms with Gasteiger partial charge in [0.05, 0.1) is 0 Å². The first-order chi connectivity index (χ1) is 12.9. The molecule has 1 atom stereocenters. The van der Waals surface area contributed by atoms with Gasteiger partial charge in [-0.15, -0.1) is 0 Å². The summed E-state index contributed by atoms with van der Waals surface area (Å²) in [5.41, 5.74) is 1.72. The van der Waals surface area contributed by atoms with Crippen LogP contribution in [0.3, 0.4) is 0 Å². The second-order valence-electron chi connectivity index (χ2n) is 7.26. The molecule has 0 fully saturated rings. The first-order valence-electron chi connectivity index (χ1n) is 9.78. The smallest absolute Gasteiger partial charge is 0.319 e. The zero-order chi connectivity index (χ0) is 19.8. The maximum atomic E-state index is 12.2. The highest BCUT2D eigenvalue weighted by atomic mass is 16.2. The van der Waals surface area contributed by atoms with Crippen LogP contribution in [0.15, 0.2) is 30.5 Å². The number of fused-ring (bicyclic) bond motifs is 1. The molecule has 0 aliphatic rings. The number of urea groups is 1. The molecule has 0 aliphatic heterocycles. The van der Waals surface area contributed by atoms with Crippen LogP contribution >= 0.6 is 0 Å². The van der Waals surface area contributed by atoms with Gasteiger partial charge in [-0.1, -0.05) is 33.1 Å². The average Bonchev–Trinajstić information content (AvgIpc) is 3.03. The highest BCUT2D eigenvalue weighted by Gasteiger charge is 2.11. The fourth-order valence-corrected chi connectivity index (χ4v) is 3.06. The molecule has 1 aromatic carbocycles. The summed E-state index contributed by atoms with van der Waals surface area (Å²) in [6, 6.07) is 7.52. The minimum atomic E-state index is -0.175. The van der Waals surface area contributed by atoms with Crippen molar-refractivity contribution < 1.29 is 9.59 Å². The lowest BCUT2D eigenvalue weighted by molar-refractivity contribution is -0.129. The van der Waals surface area contributed by atoms with Crippen molar-refractivity contribution in [3.63, 3.8) is 0 Å². The summed E-state index contributed by atoms with van der Waals surface area (Å²) >= 11 is 0. The third-order valence-corrected chi connectivity index (χ3v) is 4.93. The summed E-state index contributed by atoms with van der Waals surface area (Å²) in [5.74, 6) is 0.573. The van der Waals surface area contributed by atoms with Crippen LogP contribution in [0.1, 0.15) is 39.5 Å². The van der Waals surface area contributed by atoms with Gasteiger partial charge in [-0.2, -0.15) is 0 Å². The van der Waals surface area contributed by atoms with E-state index in [-0.39, 0.29) is 11.9 Å². The molecule has 6 heteroatoms. The Kier molecular flexibility index (Phi) is 7.70. The molecule has 0 aliphatic carbocycles. The van der Waals surface area contributed by atoms with Crippen LogP contribution < -0.4 is 10.6 Å². The molecular weight excluding hydrogens is 340 g/mol. The summed E-state index contributed by atoms with van der Waals surface area (Å²) in [4.78, 5) is 25.7.